The summed E-state index contributed by atoms with van der Waals surface area (Å²) in [5.41, 5.74) is 1.79. The molecule has 0 bridgehead atoms. The van der Waals surface area contributed by atoms with Crippen molar-refractivity contribution in [3.8, 4) is 11.5 Å². The number of nitrogens with one attached hydrogen (secondary N) is 1. The number of benzene rings is 2. The molecule has 0 aliphatic rings. The van der Waals surface area contributed by atoms with Gasteiger partial charge >= 0.3 is 0 Å². The Morgan fingerprint density at radius 3 is 2.45 bits per heavy atom. The van der Waals surface area contributed by atoms with Crippen molar-refractivity contribution in [2.45, 2.75) is 26.4 Å². The summed E-state index contributed by atoms with van der Waals surface area (Å²) in [6.07, 6.45) is 0.0297. The molecule has 0 fully saturated rings. The first-order valence-electron chi connectivity index (χ1n) is 7.31. The molecule has 0 spiro atoms. The molecule has 0 aliphatic carbocycles. The summed E-state index contributed by atoms with van der Waals surface area (Å²) in [4.78, 5) is 12.4. The number of rotatable bonds is 6. The maximum Gasteiger partial charge on any atom is 0.265 e. The van der Waals surface area contributed by atoms with Crippen LogP contribution >= 0.6 is 0 Å². The highest BCUT2D eigenvalue weighted by Gasteiger charge is 2.19. The summed E-state index contributed by atoms with van der Waals surface area (Å²) in [7, 11) is 1.57. The number of para-hydroxylation sites is 2. The summed E-state index contributed by atoms with van der Waals surface area (Å²) >= 11 is 0. The molecule has 0 saturated heterocycles. The van der Waals surface area contributed by atoms with Gasteiger partial charge in [0.2, 0.25) is 0 Å². The first-order valence-corrected chi connectivity index (χ1v) is 7.31. The van der Waals surface area contributed by atoms with Crippen molar-refractivity contribution in [1.82, 2.24) is 0 Å². The van der Waals surface area contributed by atoms with Crippen LogP contribution in [-0.2, 0) is 4.79 Å². The molecule has 2 aromatic carbocycles. The average Bonchev–Trinajstić information content (AvgIpc) is 2.54. The third-order valence-electron chi connectivity index (χ3n) is 3.33. The molecule has 22 heavy (non-hydrogen) atoms. The van der Waals surface area contributed by atoms with Crippen molar-refractivity contribution in [3.63, 3.8) is 0 Å². The Kier molecular flexibility index (Phi) is 5.42. The lowest BCUT2D eigenvalue weighted by atomic mass is 10.2. The summed E-state index contributed by atoms with van der Waals surface area (Å²) < 4.78 is 11.0. The lowest BCUT2D eigenvalue weighted by molar-refractivity contribution is -0.122. The van der Waals surface area contributed by atoms with E-state index in [0.717, 1.165) is 5.56 Å². The van der Waals surface area contributed by atoms with Gasteiger partial charge in [0, 0.05) is 0 Å². The van der Waals surface area contributed by atoms with Gasteiger partial charge in [-0.1, -0.05) is 36.8 Å². The molecule has 2 rings (SSSR count). The van der Waals surface area contributed by atoms with E-state index < -0.39 is 6.10 Å². The van der Waals surface area contributed by atoms with Gasteiger partial charge in [-0.25, -0.2) is 0 Å². The first-order chi connectivity index (χ1) is 10.6. The van der Waals surface area contributed by atoms with Crippen molar-refractivity contribution in [2.24, 2.45) is 0 Å². The van der Waals surface area contributed by atoms with E-state index in [1.165, 1.54) is 0 Å². The molecular formula is C18H21NO3. The molecule has 2 aromatic rings. The quantitative estimate of drug-likeness (QED) is 0.882. The molecule has 0 aliphatic heterocycles. The van der Waals surface area contributed by atoms with Crippen LogP contribution in [-0.4, -0.2) is 19.1 Å². The fourth-order valence-electron chi connectivity index (χ4n) is 2.06. The summed E-state index contributed by atoms with van der Waals surface area (Å²) in [6.45, 7) is 3.93. The second-order valence-electron chi connectivity index (χ2n) is 5.02. The normalized spacial score (nSPS) is 11.6. The molecule has 0 unspecified atom stereocenters. The summed E-state index contributed by atoms with van der Waals surface area (Å²) in [5.74, 6) is 1.13. The predicted octanol–water partition coefficient (Wildman–Crippen LogP) is 3.80. The Morgan fingerprint density at radius 2 is 1.82 bits per heavy atom. The van der Waals surface area contributed by atoms with Crippen LogP contribution in [0, 0.1) is 6.92 Å². The van der Waals surface area contributed by atoms with Gasteiger partial charge in [-0.2, -0.15) is 0 Å². The van der Waals surface area contributed by atoms with Crippen LogP contribution < -0.4 is 14.8 Å². The second kappa shape index (κ2) is 7.50. The van der Waals surface area contributed by atoms with Crippen LogP contribution in [0.25, 0.3) is 0 Å². The molecule has 0 saturated carbocycles. The van der Waals surface area contributed by atoms with Crippen molar-refractivity contribution in [2.75, 3.05) is 12.4 Å². The van der Waals surface area contributed by atoms with Gasteiger partial charge in [0.05, 0.1) is 12.8 Å². The molecule has 0 aromatic heterocycles. The molecule has 116 valence electrons. The fourth-order valence-corrected chi connectivity index (χ4v) is 2.06. The minimum Gasteiger partial charge on any atom is -0.495 e. The van der Waals surface area contributed by atoms with Crippen molar-refractivity contribution in [3.05, 3.63) is 54.1 Å². The highest BCUT2D eigenvalue weighted by molar-refractivity contribution is 5.95. The zero-order valence-electron chi connectivity index (χ0n) is 13.1. The monoisotopic (exact) mass is 299 g/mol. The predicted molar refractivity (Wildman–Crippen MR) is 87.5 cm³/mol. The topological polar surface area (TPSA) is 47.6 Å². The maximum absolute atomic E-state index is 12.4. The number of hydrogen-bond donors (Lipinski definition) is 1. The van der Waals surface area contributed by atoms with Crippen LogP contribution in [0.15, 0.2) is 48.5 Å². The summed E-state index contributed by atoms with van der Waals surface area (Å²) in [5, 5.41) is 2.86. The third-order valence-corrected chi connectivity index (χ3v) is 3.33. The van der Waals surface area contributed by atoms with Gasteiger partial charge in [-0.05, 0) is 37.6 Å². The molecule has 1 amide bonds. The number of methoxy groups -OCH3 is 1. The molecule has 4 nitrogen and oxygen atoms in total. The molecular weight excluding hydrogens is 278 g/mol. The zero-order chi connectivity index (χ0) is 15.9. The lowest BCUT2D eigenvalue weighted by Gasteiger charge is -2.18. The van der Waals surface area contributed by atoms with Gasteiger partial charge in [-0.3, -0.25) is 4.79 Å². The molecule has 0 radical (unpaired) electrons. The smallest absolute Gasteiger partial charge is 0.265 e. The Balaban J connectivity index is 2.07. The Morgan fingerprint density at radius 1 is 1.14 bits per heavy atom. The summed E-state index contributed by atoms with van der Waals surface area (Å²) in [6, 6.07) is 15.0. The van der Waals surface area contributed by atoms with E-state index >= 15 is 0 Å². The standard InChI is InChI=1S/C18H21NO3/c1-4-16(22-14-11-9-13(2)10-12-14)18(20)19-15-7-5-6-8-17(15)21-3/h5-12,16H,4H2,1-3H3,(H,19,20)/t16-/m1/s1. The van der Waals surface area contributed by atoms with E-state index in [4.69, 9.17) is 9.47 Å². The van der Waals surface area contributed by atoms with Gasteiger partial charge in [-0.15, -0.1) is 0 Å². The van der Waals surface area contributed by atoms with Crippen molar-refractivity contribution in [1.29, 1.82) is 0 Å². The molecule has 1 N–H and O–H groups in total. The Hall–Kier alpha value is -2.49. The molecule has 4 heteroatoms. The van der Waals surface area contributed by atoms with Crippen LogP contribution in [0.1, 0.15) is 18.9 Å². The van der Waals surface area contributed by atoms with Crippen LogP contribution in [0.2, 0.25) is 0 Å². The fraction of sp³-hybridized carbons (Fsp3) is 0.278. The number of aryl methyl sites for hydroxylation is 1. The third kappa shape index (κ3) is 4.01. The van der Waals surface area contributed by atoms with Gasteiger partial charge < -0.3 is 14.8 Å². The highest BCUT2D eigenvalue weighted by atomic mass is 16.5. The number of carbonyl (C=O) groups is 1. The van der Waals surface area contributed by atoms with Crippen LogP contribution in [0.3, 0.4) is 0 Å². The van der Waals surface area contributed by atoms with Crippen LogP contribution in [0.5, 0.6) is 11.5 Å². The van der Waals surface area contributed by atoms with Gasteiger partial charge in [0.25, 0.3) is 5.91 Å². The number of anilines is 1. The average molecular weight is 299 g/mol. The SMILES string of the molecule is CC[C@@H](Oc1ccc(C)cc1)C(=O)Nc1ccccc1OC. The van der Waals surface area contributed by atoms with Crippen molar-refractivity contribution < 1.29 is 14.3 Å². The van der Waals surface area contributed by atoms with Crippen LogP contribution in [0.4, 0.5) is 5.69 Å². The van der Waals surface area contributed by atoms with E-state index in [1.54, 1.807) is 19.2 Å². The highest BCUT2D eigenvalue weighted by Crippen LogP contribution is 2.24. The van der Waals surface area contributed by atoms with E-state index in [1.807, 2.05) is 50.2 Å². The van der Waals surface area contributed by atoms with E-state index in [9.17, 15) is 4.79 Å². The molecule has 1 atom stereocenters. The van der Waals surface area contributed by atoms with Crippen molar-refractivity contribution >= 4 is 11.6 Å². The second-order valence-corrected chi connectivity index (χ2v) is 5.02. The number of ether oxygens (including phenoxy) is 2. The van der Waals surface area contributed by atoms with E-state index in [2.05, 4.69) is 5.32 Å². The Labute approximate surface area is 131 Å². The van der Waals surface area contributed by atoms with E-state index in [0.29, 0.717) is 23.6 Å². The zero-order valence-corrected chi connectivity index (χ0v) is 13.1. The minimum atomic E-state index is -0.549. The van der Waals surface area contributed by atoms with Gasteiger partial charge in [0.15, 0.2) is 6.10 Å². The number of carbonyl (C=O) groups excluding carboxylic acids is 1. The van der Waals surface area contributed by atoms with E-state index in [-0.39, 0.29) is 5.91 Å². The first kappa shape index (κ1) is 15.9. The van der Waals surface area contributed by atoms with Gasteiger partial charge in [0.1, 0.15) is 11.5 Å². The molecule has 0 heterocycles. The minimum absolute atomic E-state index is 0.187. The maximum atomic E-state index is 12.4. The largest absolute Gasteiger partial charge is 0.495 e. The Bertz CT molecular complexity index is 622. The lowest BCUT2D eigenvalue weighted by Crippen LogP contribution is -2.32. The number of amides is 1. The number of hydrogen-bond acceptors (Lipinski definition) is 3.